The van der Waals surface area contributed by atoms with E-state index in [2.05, 4.69) is 0 Å². The van der Waals surface area contributed by atoms with E-state index in [1.807, 2.05) is 60.7 Å². The van der Waals surface area contributed by atoms with E-state index in [9.17, 15) is 5.21 Å². The van der Waals surface area contributed by atoms with Gasteiger partial charge in [0, 0.05) is 5.56 Å². The van der Waals surface area contributed by atoms with Gasteiger partial charge in [-0.05, 0) is 17.7 Å². The Kier molecular flexibility index (Phi) is 2.26. The molecule has 0 spiro atoms. The van der Waals surface area contributed by atoms with Gasteiger partial charge in [-0.2, -0.15) is 4.74 Å². The molecule has 2 aromatic rings. The van der Waals surface area contributed by atoms with Crippen LogP contribution in [0.3, 0.4) is 0 Å². The molecular weight excluding hydrogens is 210 g/mol. The molecule has 0 saturated heterocycles. The minimum atomic E-state index is 0.747. The van der Waals surface area contributed by atoms with E-state index in [1.165, 1.54) is 0 Å². The first kappa shape index (κ1) is 9.85. The fourth-order valence-electron chi connectivity index (χ4n) is 2.00. The molecule has 0 aromatic heterocycles. The van der Waals surface area contributed by atoms with Crippen molar-refractivity contribution in [3.05, 3.63) is 83.2 Å². The predicted molar refractivity (Wildman–Crippen MR) is 68.6 cm³/mol. The zero-order valence-corrected chi connectivity index (χ0v) is 9.21. The summed E-state index contributed by atoms with van der Waals surface area (Å²) in [5, 5.41) is 11.6. The fourth-order valence-corrected chi connectivity index (χ4v) is 2.00. The number of hydrogen-bond donors (Lipinski definition) is 0. The first-order valence-corrected chi connectivity index (χ1v) is 5.52. The van der Waals surface area contributed by atoms with Gasteiger partial charge < -0.3 is 5.21 Å². The minimum Gasteiger partial charge on any atom is -0.618 e. The highest BCUT2D eigenvalue weighted by molar-refractivity contribution is 6.31. The molecule has 2 aromatic carbocycles. The normalized spacial score (nSPS) is 14.2. The first-order chi connectivity index (χ1) is 8.36. The number of hydroxylamine groups is 1. The second-order valence-electron chi connectivity index (χ2n) is 3.95. The monoisotopic (exact) mass is 221 g/mol. The molecule has 1 heterocycles. The van der Waals surface area contributed by atoms with E-state index >= 15 is 0 Å². The molecule has 0 unspecified atom stereocenters. The number of allylic oxidation sites excluding steroid dienone is 1. The summed E-state index contributed by atoms with van der Waals surface area (Å²) in [5.41, 5.74) is 3.80. The zero-order chi connectivity index (χ0) is 11.7. The minimum absolute atomic E-state index is 0.747. The molecule has 0 N–H and O–H groups in total. The maximum Gasteiger partial charge on any atom is 0.237 e. The largest absolute Gasteiger partial charge is 0.618 e. The zero-order valence-electron chi connectivity index (χ0n) is 9.21. The van der Waals surface area contributed by atoms with Gasteiger partial charge in [0.1, 0.15) is 5.57 Å². The molecule has 0 radical (unpaired) electrons. The lowest BCUT2D eigenvalue weighted by Gasteiger charge is -2.18. The van der Waals surface area contributed by atoms with Crippen LogP contribution >= 0.6 is 0 Å². The lowest BCUT2D eigenvalue weighted by atomic mass is 9.93. The van der Waals surface area contributed by atoms with Gasteiger partial charge in [-0.1, -0.05) is 48.5 Å². The summed E-state index contributed by atoms with van der Waals surface area (Å²) in [6, 6.07) is 19.7. The van der Waals surface area contributed by atoms with E-state index in [1.54, 1.807) is 6.20 Å². The third-order valence-electron chi connectivity index (χ3n) is 2.85. The summed E-state index contributed by atoms with van der Waals surface area (Å²) >= 11 is 0. The van der Waals surface area contributed by atoms with Crippen LogP contribution in [-0.4, -0.2) is 10.5 Å². The van der Waals surface area contributed by atoms with Crippen LogP contribution in [0.2, 0.25) is 0 Å². The van der Waals surface area contributed by atoms with Gasteiger partial charge in [0.15, 0.2) is 6.20 Å². The van der Waals surface area contributed by atoms with E-state index < -0.39 is 0 Å². The van der Waals surface area contributed by atoms with Gasteiger partial charge in [-0.25, -0.2) is 0 Å². The summed E-state index contributed by atoms with van der Waals surface area (Å²) in [4.78, 5) is 0. The van der Waals surface area contributed by atoms with Crippen LogP contribution in [0.15, 0.2) is 66.9 Å². The second kappa shape index (κ2) is 3.91. The van der Waals surface area contributed by atoms with Crippen LogP contribution in [0.4, 0.5) is 0 Å². The van der Waals surface area contributed by atoms with Crippen molar-refractivity contribution in [2.75, 3.05) is 0 Å². The highest BCUT2D eigenvalue weighted by Crippen LogP contribution is 2.26. The van der Waals surface area contributed by atoms with Gasteiger partial charge in [0.2, 0.25) is 5.71 Å². The molecule has 82 valence electrons. The first-order valence-electron chi connectivity index (χ1n) is 5.52. The van der Waals surface area contributed by atoms with Gasteiger partial charge >= 0.3 is 0 Å². The molecule has 17 heavy (non-hydrogen) atoms. The Morgan fingerprint density at radius 3 is 1.76 bits per heavy atom. The lowest BCUT2D eigenvalue weighted by Crippen LogP contribution is -2.23. The topological polar surface area (TPSA) is 26.1 Å². The smallest absolute Gasteiger partial charge is 0.237 e. The molecule has 0 fully saturated rings. The summed E-state index contributed by atoms with van der Waals surface area (Å²) in [6.45, 7) is 0. The van der Waals surface area contributed by atoms with Crippen molar-refractivity contribution in [2.24, 2.45) is 0 Å². The molecule has 2 nitrogen and oxygen atoms in total. The second-order valence-corrected chi connectivity index (χ2v) is 3.95. The Hall–Kier alpha value is -2.35. The van der Waals surface area contributed by atoms with Crippen molar-refractivity contribution in [1.82, 2.24) is 0 Å². The molecule has 0 aliphatic carbocycles. The maximum atomic E-state index is 11.6. The highest BCUT2D eigenvalue weighted by Gasteiger charge is 2.28. The summed E-state index contributed by atoms with van der Waals surface area (Å²) in [7, 11) is 0. The highest BCUT2D eigenvalue weighted by atomic mass is 16.5. The van der Waals surface area contributed by atoms with E-state index in [-0.39, 0.29) is 0 Å². The van der Waals surface area contributed by atoms with Crippen molar-refractivity contribution in [3.8, 4) is 0 Å². The number of nitrogens with zero attached hydrogens (tertiary/aromatic N) is 1. The third-order valence-corrected chi connectivity index (χ3v) is 2.85. The average Bonchev–Trinajstić information content (AvgIpc) is 2.38. The van der Waals surface area contributed by atoms with Crippen molar-refractivity contribution in [2.45, 2.75) is 0 Å². The van der Waals surface area contributed by atoms with Gasteiger partial charge in [0.25, 0.3) is 0 Å². The van der Waals surface area contributed by atoms with Crippen LogP contribution in [0, 0.1) is 5.21 Å². The third kappa shape index (κ3) is 1.64. The molecule has 1 aliphatic heterocycles. The van der Waals surface area contributed by atoms with Crippen LogP contribution < -0.4 is 0 Å². The van der Waals surface area contributed by atoms with Crippen molar-refractivity contribution < 1.29 is 4.74 Å². The van der Waals surface area contributed by atoms with Crippen LogP contribution in [0.1, 0.15) is 11.1 Å². The summed E-state index contributed by atoms with van der Waals surface area (Å²) in [6.07, 6.45) is 1.62. The standard InChI is InChI=1S/C15H11NO/c17-16-11-14(12-7-3-1-4-8-12)15(16)13-9-5-2-6-10-13/h1-11H. The van der Waals surface area contributed by atoms with Crippen LogP contribution in [-0.2, 0) is 0 Å². The Morgan fingerprint density at radius 1 is 0.706 bits per heavy atom. The predicted octanol–water partition coefficient (Wildman–Crippen LogP) is 3.04. The fraction of sp³-hybridized carbons (Fsp3) is 0. The molecule has 3 rings (SSSR count). The van der Waals surface area contributed by atoms with Crippen LogP contribution in [0.25, 0.3) is 5.57 Å². The summed E-state index contributed by atoms with van der Waals surface area (Å²) in [5.74, 6) is 0. The summed E-state index contributed by atoms with van der Waals surface area (Å²) < 4.78 is 0.928. The molecule has 0 atom stereocenters. The Bertz CT molecular complexity index is 597. The number of rotatable bonds is 2. The van der Waals surface area contributed by atoms with E-state index in [4.69, 9.17) is 0 Å². The van der Waals surface area contributed by atoms with Crippen LogP contribution in [0.5, 0.6) is 0 Å². The van der Waals surface area contributed by atoms with E-state index in [0.717, 1.165) is 27.2 Å². The average molecular weight is 221 g/mol. The molecule has 1 aliphatic rings. The Labute approximate surface area is 99.7 Å². The van der Waals surface area contributed by atoms with Crippen molar-refractivity contribution >= 4 is 11.3 Å². The lowest BCUT2D eigenvalue weighted by molar-refractivity contribution is -0.385. The van der Waals surface area contributed by atoms with Gasteiger partial charge in [-0.3, -0.25) is 0 Å². The van der Waals surface area contributed by atoms with Crippen molar-refractivity contribution in [3.63, 3.8) is 0 Å². The van der Waals surface area contributed by atoms with E-state index in [0.29, 0.717) is 0 Å². The Morgan fingerprint density at radius 2 is 1.24 bits per heavy atom. The SMILES string of the molecule is [O-][N+]1=C(c2ccccc2)C(c2ccccc2)=C1. The molecule has 0 amide bonds. The molecule has 2 heteroatoms. The van der Waals surface area contributed by atoms with Gasteiger partial charge in [0.05, 0.1) is 0 Å². The Balaban J connectivity index is 2.00. The molecule has 0 saturated carbocycles. The molecular formula is C15H11NO. The number of hydrogen-bond acceptors (Lipinski definition) is 1. The number of benzene rings is 2. The van der Waals surface area contributed by atoms with Gasteiger partial charge in [-0.15, -0.1) is 0 Å². The maximum absolute atomic E-state index is 11.6. The molecule has 0 bridgehead atoms. The quantitative estimate of drug-likeness (QED) is 0.565. The van der Waals surface area contributed by atoms with Crippen molar-refractivity contribution in [1.29, 1.82) is 0 Å².